The van der Waals surface area contributed by atoms with Crippen molar-refractivity contribution in [3.63, 3.8) is 0 Å². The minimum Gasteiger partial charge on any atom is -0.781 e. The average Bonchev–Trinajstić information content (AvgIpc) is 2.97. The summed E-state index contributed by atoms with van der Waals surface area (Å²) in [6, 6.07) is 36.1. The number of anilines is 2. The van der Waals surface area contributed by atoms with Crippen molar-refractivity contribution in [3.05, 3.63) is 131 Å². The molecular formula is C32H30N2NiS4-4. The van der Waals surface area contributed by atoms with Gasteiger partial charge in [0.2, 0.25) is 0 Å². The van der Waals surface area contributed by atoms with Crippen LogP contribution in [0.1, 0.15) is 22.3 Å². The van der Waals surface area contributed by atoms with Crippen LogP contribution in [0.3, 0.4) is 0 Å². The molecule has 0 aliphatic carbocycles. The first kappa shape index (κ1) is 32.5. The molecule has 206 valence electrons. The Kier molecular flexibility index (Phi) is 13.2. The molecule has 0 radical (unpaired) electrons. The van der Waals surface area contributed by atoms with Crippen molar-refractivity contribution in [1.82, 2.24) is 0 Å². The quantitative estimate of drug-likeness (QED) is 0.124. The maximum atomic E-state index is 5.48. The monoisotopic (exact) mass is 628 g/mol. The molecule has 0 N–H and O–H groups in total. The number of nitrogens with zero attached hydrogens (tertiary/aromatic N) is 2. The summed E-state index contributed by atoms with van der Waals surface area (Å²) in [5.74, 6) is 0. The van der Waals surface area contributed by atoms with Crippen molar-refractivity contribution < 1.29 is 16.5 Å². The Morgan fingerprint density at radius 3 is 0.846 bits per heavy atom. The van der Waals surface area contributed by atoms with Gasteiger partial charge >= 0.3 is 0 Å². The third-order valence-corrected chi connectivity index (χ3v) is 7.79. The summed E-state index contributed by atoms with van der Waals surface area (Å²) >= 11 is 21.9. The molecule has 4 aromatic rings. The van der Waals surface area contributed by atoms with E-state index in [1.54, 1.807) is 0 Å². The summed E-state index contributed by atoms with van der Waals surface area (Å²) in [6.45, 7) is 0. The maximum Gasteiger partial charge on any atom is 0.0361 e. The van der Waals surface area contributed by atoms with Gasteiger partial charge in [-0.2, -0.15) is 19.6 Å². The molecule has 2 nitrogen and oxygen atoms in total. The number of hydrogen-bond acceptors (Lipinski definition) is 6. The molecule has 0 aromatic heterocycles. The second-order valence-electron chi connectivity index (χ2n) is 8.93. The Hall–Kier alpha value is -2.67. The number of benzene rings is 4. The van der Waals surface area contributed by atoms with Crippen LogP contribution >= 0.6 is 0 Å². The van der Waals surface area contributed by atoms with Crippen molar-refractivity contribution in [3.8, 4) is 0 Å². The van der Waals surface area contributed by atoms with Crippen LogP contribution in [0.25, 0.3) is 19.6 Å². The fourth-order valence-corrected chi connectivity index (χ4v) is 4.54. The van der Waals surface area contributed by atoms with Crippen molar-refractivity contribution in [2.45, 2.75) is 0 Å². The van der Waals surface area contributed by atoms with Gasteiger partial charge in [0.05, 0.1) is 0 Å². The molecule has 0 saturated carbocycles. The van der Waals surface area contributed by atoms with Gasteiger partial charge in [0.25, 0.3) is 0 Å². The van der Waals surface area contributed by atoms with E-state index in [0.717, 1.165) is 53.2 Å². The van der Waals surface area contributed by atoms with E-state index in [2.05, 4.69) is 34.1 Å². The van der Waals surface area contributed by atoms with E-state index in [-0.39, 0.29) is 16.5 Å². The molecule has 0 aliphatic rings. The molecule has 0 spiro atoms. The molecule has 0 amide bonds. The van der Waals surface area contributed by atoms with Crippen LogP contribution in [-0.4, -0.2) is 28.2 Å². The summed E-state index contributed by atoms with van der Waals surface area (Å²) in [4.78, 5) is 7.03. The molecule has 39 heavy (non-hydrogen) atoms. The van der Waals surface area contributed by atoms with Crippen molar-refractivity contribution in [1.29, 1.82) is 0 Å². The van der Waals surface area contributed by atoms with E-state index in [4.69, 9.17) is 50.5 Å². The summed E-state index contributed by atoms with van der Waals surface area (Å²) < 4.78 is 0. The van der Waals surface area contributed by atoms with Crippen LogP contribution in [0.4, 0.5) is 11.4 Å². The van der Waals surface area contributed by atoms with Crippen LogP contribution in [0, 0.1) is 0 Å². The van der Waals surface area contributed by atoms with E-state index in [1.165, 1.54) is 0 Å². The molecule has 7 heteroatoms. The fraction of sp³-hybridized carbons (Fsp3) is 0.125. The SMILES string of the molecule is CN(C)c1ccc(/C([S-])=C(/[S-])c2ccccc2)cc1.CN(C)c1ccc(/C([S-])=C(/[S-])c2ccccc2)cc1.[Ni]. The van der Waals surface area contributed by atoms with E-state index in [9.17, 15) is 0 Å². The van der Waals surface area contributed by atoms with Crippen LogP contribution in [0.15, 0.2) is 109 Å². The Bertz CT molecular complexity index is 1260. The topological polar surface area (TPSA) is 6.48 Å². The first-order valence-corrected chi connectivity index (χ1v) is 13.6. The Labute approximate surface area is 265 Å². The molecule has 0 bridgehead atoms. The van der Waals surface area contributed by atoms with Crippen molar-refractivity contribution >= 4 is 81.5 Å². The van der Waals surface area contributed by atoms with Gasteiger partial charge in [0.1, 0.15) is 0 Å². The zero-order chi connectivity index (χ0) is 27.7. The smallest absolute Gasteiger partial charge is 0.0361 e. The first-order valence-electron chi connectivity index (χ1n) is 12.0. The Balaban J connectivity index is 0.000000267. The van der Waals surface area contributed by atoms with Crippen LogP contribution in [-0.2, 0) is 67.0 Å². The summed E-state index contributed by atoms with van der Waals surface area (Å²) in [6.07, 6.45) is 0. The zero-order valence-electron chi connectivity index (χ0n) is 22.2. The van der Waals surface area contributed by atoms with Gasteiger partial charge in [0.15, 0.2) is 0 Å². The third-order valence-electron chi connectivity index (χ3n) is 5.78. The van der Waals surface area contributed by atoms with Gasteiger partial charge in [-0.05, 0) is 46.5 Å². The van der Waals surface area contributed by atoms with E-state index in [0.29, 0.717) is 0 Å². The maximum absolute atomic E-state index is 5.48. The van der Waals surface area contributed by atoms with Crippen molar-refractivity contribution in [2.24, 2.45) is 0 Å². The summed E-state index contributed by atoms with van der Waals surface area (Å²) in [5, 5.41) is 0. The van der Waals surface area contributed by atoms with Gasteiger partial charge in [-0.15, -0.1) is 0 Å². The van der Waals surface area contributed by atoms with Gasteiger partial charge in [-0.25, -0.2) is 0 Å². The van der Waals surface area contributed by atoms with Gasteiger partial charge in [-0.1, -0.05) is 84.9 Å². The molecule has 0 saturated heterocycles. The molecule has 0 unspecified atom stereocenters. The number of hydrogen-bond donors (Lipinski definition) is 0. The molecule has 0 fully saturated rings. The summed E-state index contributed by atoms with van der Waals surface area (Å²) in [5.41, 5.74) is 6.29. The third kappa shape index (κ3) is 9.20. The summed E-state index contributed by atoms with van der Waals surface area (Å²) in [7, 11) is 8.06. The molecule has 4 aromatic carbocycles. The van der Waals surface area contributed by atoms with E-state index in [1.807, 2.05) is 113 Å². The van der Waals surface area contributed by atoms with Gasteiger partial charge < -0.3 is 60.3 Å². The largest absolute Gasteiger partial charge is 0.781 e. The number of rotatable bonds is 6. The van der Waals surface area contributed by atoms with E-state index < -0.39 is 0 Å². The molecular weight excluding hydrogens is 599 g/mol. The van der Waals surface area contributed by atoms with Crippen LogP contribution in [0.2, 0.25) is 0 Å². The van der Waals surface area contributed by atoms with Crippen LogP contribution < -0.4 is 9.80 Å². The van der Waals surface area contributed by atoms with Crippen LogP contribution in [0.5, 0.6) is 0 Å². The normalized spacial score (nSPS) is 11.6. The fourth-order valence-electron chi connectivity index (χ4n) is 3.53. The van der Waals surface area contributed by atoms with Gasteiger partial charge in [-0.3, -0.25) is 0 Å². The Morgan fingerprint density at radius 1 is 0.385 bits per heavy atom. The first-order chi connectivity index (χ1) is 18.2. The second kappa shape index (κ2) is 15.8. The molecule has 0 heterocycles. The van der Waals surface area contributed by atoms with Crippen molar-refractivity contribution in [2.75, 3.05) is 38.0 Å². The standard InChI is InChI=1S/2C16H17NS2.Ni/c2*1-17(2)14-10-8-13(9-11-14)16(19)15(18)12-6-4-3-5-7-12;/h2*3-11,18-19H,1-2H3;/p-4/b2*16-15-;. The zero-order valence-corrected chi connectivity index (χ0v) is 26.5. The minimum absolute atomic E-state index is 0. The minimum atomic E-state index is 0. The predicted octanol–water partition coefficient (Wildman–Crippen LogP) is 7.34. The predicted molar refractivity (Wildman–Crippen MR) is 178 cm³/mol. The molecule has 4 rings (SSSR count). The molecule has 0 aliphatic heterocycles. The van der Waals surface area contributed by atoms with Gasteiger partial charge in [0, 0.05) is 56.1 Å². The average molecular weight is 630 g/mol. The second-order valence-corrected chi connectivity index (χ2v) is 10.6. The Morgan fingerprint density at radius 2 is 0.615 bits per heavy atom. The molecule has 0 atom stereocenters. The van der Waals surface area contributed by atoms with E-state index >= 15 is 0 Å².